The van der Waals surface area contributed by atoms with Crippen molar-refractivity contribution in [2.24, 2.45) is 0 Å². The van der Waals surface area contributed by atoms with Crippen LogP contribution in [0.5, 0.6) is 0 Å². The molecular formula is C29H32N4O2. The van der Waals surface area contributed by atoms with Crippen molar-refractivity contribution < 1.29 is 9.53 Å². The molecule has 2 heterocycles. The predicted octanol–water partition coefficient (Wildman–Crippen LogP) is 5.69. The number of amides is 1. The van der Waals surface area contributed by atoms with Gasteiger partial charge in [-0.1, -0.05) is 24.6 Å². The molecule has 6 nitrogen and oxygen atoms in total. The smallest absolute Gasteiger partial charge is 0.254 e. The Morgan fingerprint density at radius 3 is 2.51 bits per heavy atom. The van der Waals surface area contributed by atoms with Crippen LogP contribution in [0.25, 0.3) is 11.3 Å². The number of rotatable bonds is 6. The number of hydrogen-bond donors (Lipinski definition) is 1. The highest BCUT2D eigenvalue weighted by atomic mass is 16.5. The van der Waals surface area contributed by atoms with Crippen molar-refractivity contribution in [1.82, 2.24) is 14.9 Å². The first-order chi connectivity index (χ1) is 17.1. The van der Waals surface area contributed by atoms with Crippen LogP contribution in [-0.4, -0.2) is 41.0 Å². The predicted molar refractivity (Wildman–Crippen MR) is 135 cm³/mol. The SMILES string of the molecule is COCc1ncc(-c2cc(C(=O)N3CCC(c4ccc(C#N)cc4)CC3)c(C)cc2C2CCC2)[nH]1. The molecular weight excluding hydrogens is 436 g/mol. The fourth-order valence-electron chi connectivity index (χ4n) is 5.38. The van der Waals surface area contributed by atoms with Crippen molar-refractivity contribution in [3.05, 3.63) is 76.2 Å². The fraction of sp³-hybridized carbons (Fsp3) is 0.414. The Morgan fingerprint density at radius 1 is 1.14 bits per heavy atom. The number of benzene rings is 2. The molecule has 1 amide bonds. The first-order valence-electron chi connectivity index (χ1n) is 12.5. The van der Waals surface area contributed by atoms with E-state index in [9.17, 15) is 4.79 Å². The van der Waals surface area contributed by atoms with Crippen LogP contribution in [0.4, 0.5) is 0 Å². The topological polar surface area (TPSA) is 82.0 Å². The molecule has 5 rings (SSSR count). The summed E-state index contributed by atoms with van der Waals surface area (Å²) in [7, 11) is 1.66. The summed E-state index contributed by atoms with van der Waals surface area (Å²) in [5, 5.41) is 9.04. The summed E-state index contributed by atoms with van der Waals surface area (Å²) in [5.74, 6) is 1.87. The summed E-state index contributed by atoms with van der Waals surface area (Å²) in [5.41, 5.74) is 7.13. The van der Waals surface area contributed by atoms with E-state index in [4.69, 9.17) is 10.00 Å². The Bertz CT molecular complexity index is 1240. The van der Waals surface area contributed by atoms with Gasteiger partial charge in [-0.15, -0.1) is 0 Å². The summed E-state index contributed by atoms with van der Waals surface area (Å²) in [6.07, 6.45) is 7.38. The Hall–Kier alpha value is -3.43. The minimum atomic E-state index is 0.110. The molecule has 6 heteroatoms. The van der Waals surface area contributed by atoms with E-state index in [2.05, 4.69) is 47.2 Å². The van der Waals surface area contributed by atoms with Gasteiger partial charge in [-0.05, 0) is 79.3 Å². The highest BCUT2D eigenvalue weighted by molar-refractivity contribution is 5.97. The van der Waals surface area contributed by atoms with Crippen LogP contribution in [0, 0.1) is 18.3 Å². The number of aromatic nitrogens is 2. The Kier molecular flexibility index (Phi) is 6.70. The standard InChI is InChI=1S/C29H32N4O2/c1-19-14-25(23-4-3-5-23)26(27-17-31-28(32-27)18-35-2)15-24(19)29(34)33-12-10-22(11-13-33)21-8-6-20(16-30)7-9-21/h6-9,14-15,17,22-23H,3-5,10-13,18H2,1-2H3,(H,31,32). The number of carbonyl (C=O) groups excluding carboxylic acids is 1. The van der Waals surface area contributed by atoms with E-state index in [0.29, 0.717) is 24.0 Å². The average molecular weight is 469 g/mol. The van der Waals surface area contributed by atoms with Gasteiger partial charge in [0, 0.05) is 31.3 Å². The third kappa shape index (κ3) is 4.74. The van der Waals surface area contributed by atoms with Crippen molar-refractivity contribution in [2.75, 3.05) is 20.2 Å². The molecule has 2 aromatic carbocycles. The highest BCUT2D eigenvalue weighted by Crippen LogP contribution is 2.42. The molecule has 0 radical (unpaired) electrons. The zero-order valence-corrected chi connectivity index (χ0v) is 20.5. The van der Waals surface area contributed by atoms with Gasteiger partial charge in [-0.3, -0.25) is 4.79 Å². The summed E-state index contributed by atoms with van der Waals surface area (Å²) < 4.78 is 5.23. The molecule has 1 aliphatic heterocycles. The van der Waals surface area contributed by atoms with Gasteiger partial charge in [-0.2, -0.15) is 5.26 Å². The van der Waals surface area contributed by atoms with Crippen LogP contribution in [0.3, 0.4) is 0 Å². The van der Waals surface area contributed by atoms with Gasteiger partial charge in [0.15, 0.2) is 0 Å². The van der Waals surface area contributed by atoms with E-state index in [1.807, 2.05) is 23.2 Å². The molecule has 0 spiro atoms. The maximum atomic E-state index is 13.6. The molecule has 35 heavy (non-hydrogen) atoms. The molecule has 180 valence electrons. The van der Waals surface area contributed by atoms with Crippen molar-refractivity contribution in [3.63, 3.8) is 0 Å². The molecule has 0 atom stereocenters. The molecule has 2 fully saturated rings. The molecule has 3 aromatic rings. The van der Waals surface area contributed by atoms with Crippen LogP contribution in [0.15, 0.2) is 42.6 Å². The number of ether oxygens (including phenoxy) is 1. The lowest BCUT2D eigenvalue weighted by molar-refractivity contribution is 0.0712. The lowest BCUT2D eigenvalue weighted by atomic mass is 9.76. The summed E-state index contributed by atoms with van der Waals surface area (Å²) in [6, 6.07) is 14.4. The van der Waals surface area contributed by atoms with Gasteiger partial charge in [0.25, 0.3) is 5.91 Å². The monoisotopic (exact) mass is 468 g/mol. The number of imidazole rings is 1. The zero-order chi connectivity index (χ0) is 24.4. The Morgan fingerprint density at radius 2 is 1.89 bits per heavy atom. The minimum absolute atomic E-state index is 0.110. The lowest BCUT2D eigenvalue weighted by Crippen LogP contribution is -2.38. The first kappa shape index (κ1) is 23.3. The van der Waals surface area contributed by atoms with E-state index in [0.717, 1.165) is 54.1 Å². The van der Waals surface area contributed by atoms with Gasteiger partial charge < -0.3 is 14.6 Å². The van der Waals surface area contributed by atoms with E-state index in [1.54, 1.807) is 7.11 Å². The second-order valence-corrected chi connectivity index (χ2v) is 9.86. The molecule has 1 aromatic heterocycles. The first-order valence-corrected chi connectivity index (χ1v) is 12.5. The maximum absolute atomic E-state index is 13.6. The maximum Gasteiger partial charge on any atom is 0.254 e. The van der Waals surface area contributed by atoms with E-state index < -0.39 is 0 Å². The highest BCUT2D eigenvalue weighted by Gasteiger charge is 2.29. The molecule has 0 unspecified atom stereocenters. The number of hydrogen-bond acceptors (Lipinski definition) is 4. The fourth-order valence-corrected chi connectivity index (χ4v) is 5.38. The number of methoxy groups -OCH3 is 1. The van der Waals surface area contributed by atoms with E-state index >= 15 is 0 Å². The number of carbonyl (C=O) groups is 1. The Labute approximate surface area is 206 Å². The zero-order valence-electron chi connectivity index (χ0n) is 20.5. The van der Waals surface area contributed by atoms with Gasteiger partial charge in [0.05, 0.1) is 23.5 Å². The quantitative estimate of drug-likeness (QED) is 0.504. The number of piperidine rings is 1. The lowest BCUT2D eigenvalue weighted by Gasteiger charge is -2.33. The second-order valence-electron chi connectivity index (χ2n) is 9.86. The molecule has 0 bridgehead atoms. The van der Waals surface area contributed by atoms with Gasteiger partial charge in [0.1, 0.15) is 12.4 Å². The number of nitrogens with zero attached hydrogens (tertiary/aromatic N) is 3. The Balaban J connectivity index is 1.37. The van der Waals surface area contributed by atoms with Gasteiger partial charge in [0.2, 0.25) is 0 Å². The summed E-state index contributed by atoms with van der Waals surface area (Å²) in [4.78, 5) is 23.5. The normalized spacial score (nSPS) is 16.7. The molecule has 1 saturated carbocycles. The van der Waals surface area contributed by atoms with Crippen molar-refractivity contribution in [2.45, 2.75) is 57.5 Å². The van der Waals surface area contributed by atoms with E-state index in [1.165, 1.54) is 30.4 Å². The third-order valence-corrected chi connectivity index (χ3v) is 7.66. The van der Waals surface area contributed by atoms with Crippen LogP contribution in [0.2, 0.25) is 0 Å². The third-order valence-electron chi connectivity index (χ3n) is 7.66. The average Bonchev–Trinajstić information content (AvgIpc) is 3.31. The minimum Gasteiger partial charge on any atom is -0.377 e. The van der Waals surface area contributed by atoms with Crippen molar-refractivity contribution >= 4 is 5.91 Å². The van der Waals surface area contributed by atoms with Crippen LogP contribution in [0.1, 0.15) is 82.4 Å². The van der Waals surface area contributed by atoms with Crippen molar-refractivity contribution in [3.8, 4) is 17.3 Å². The number of likely N-dealkylation sites (tertiary alicyclic amines) is 1. The number of aromatic amines is 1. The molecule has 1 aliphatic carbocycles. The van der Waals surface area contributed by atoms with Crippen LogP contribution < -0.4 is 0 Å². The number of nitriles is 1. The van der Waals surface area contributed by atoms with Crippen LogP contribution >= 0.6 is 0 Å². The number of aryl methyl sites for hydroxylation is 1. The number of H-pyrrole nitrogens is 1. The molecule has 2 aliphatic rings. The number of nitrogens with one attached hydrogen (secondary N) is 1. The van der Waals surface area contributed by atoms with Crippen molar-refractivity contribution in [1.29, 1.82) is 5.26 Å². The summed E-state index contributed by atoms with van der Waals surface area (Å²) >= 11 is 0. The molecule has 1 saturated heterocycles. The van der Waals surface area contributed by atoms with Gasteiger partial charge >= 0.3 is 0 Å². The summed E-state index contributed by atoms with van der Waals surface area (Å²) in [6.45, 7) is 3.98. The molecule has 1 N–H and O–H groups in total. The largest absolute Gasteiger partial charge is 0.377 e. The van der Waals surface area contributed by atoms with Gasteiger partial charge in [-0.25, -0.2) is 4.98 Å². The second kappa shape index (κ2) is 10.1. The van der Waals surface area contributed by atoms with Crippen LogP contribution in [-0.2, 0) is 11.3 Å². The van der Waals surface area contributed by atoms with E-state index in [-0.39, 0.29) is 5.91 Å².